The van der Waals surface area contributed by atoms with Crippen molar-refractivity contribution in [3.05, 3.63) is 0 Å². The van der Waals surface area contributed by atoms with Crippen molar-refractivity contribution in [3.63, 3.8) is 0 Å². The molecule has 0 aliphatic rings. The summed E-state index contributed by atoms with van der Waals surface area (Å²) in [7, 11) is 3.68. The van der Waals surface area contributed by atoms with E-state index in [0.717, 1.165) is 6.54 Å². The number of anilines is 1. The molecule has 0 saturated carbocycles. The maximum absolute atomic E-state index is 9.08. The van der Waals surface area contributed by atoms with E-state index in [2.05, 4.69) is 15.5 Å². The molecule has 0 saturated heterocycles. The third-order valence-electron chi connectivity index (χ3n) is 1.82. The highest BCUT2D eigenvalue weighted by Crippen LogP contribution is 2.04. The molecule has 0 amide bonds. The molecular weight excluding hydrogens is 170 g/mol. The Hall–Kier alpha value is -1.17. The van der Waals surface area contributed by atoms with Crippen molar-refractivity contribution in [2.24, 2.45) is 7.05 Å². The first-order valence-electron chi connectivity index (χ1n) is 4.23. The molecule has 1 atom stereocenters. The Labute approximate surface area is 77.2 Å². The van der Waals surface area contributed by atoms with Gasteiger partial charge in [-0.15, -0.1) is 0 Å². The Morgan fingerprint density at radius 3 is 2.77 bits per heavy atom. The minimum Gasteiger partial charge on any atom is -0.393 e. The number of nitrogens with zero attached hydrogens (tertiary/aromatic N) is 5. The molecule has 1 unspecified atom stereocenters. The number of aryl methyl sites for hydroxylation is 1. The second-order valence-corrected chi connectivity index (χ2v) is 3.16. The summed E-state index contributed by atoms with van der Waals surface area (Å²) < 4.78 is 1.60. The number of aromatic nitrogens is 4. The summed E-state index contributed by atoms with van der Waals surface area (Å²) in [6.45, 7) is 2.51. The Morgan fingerprint density at radius 1 is 1.62 bits per heavy atom. The van der Waals surface area contributed by atoms with Crippen molar-refractivity contribution >= 4 is 5.95 Å². The first-order valence-corrected chi connectivity index (χ1v) is 4.23. The van der Waals surface area contributed by atoms with Crippen LogP contribution in [0.2, 0.25) is 0 Å². The molecule has 6 heteroatoms. The molecule has 1 N–H and O–H groups in total. The molecule has 0 aliphatic heterocycles. The normalized spacial score (nSPS) is 12.9. The van der Waals surface area contributed by atoms with Gasteiger partial charge in [0, 0.05) is 20.6 Å². The SMILES string of the molecule is CC(O)CCN(C)c1nnnn1C. The molecule has 0 aromatic carbocycles. The predicted octanol–water partition coefficient (Wildman–Crippen LogP) is -0.583. The second-order valence-electron chi connectivity index (χ2n) is 3.16. The Bertz CT molecular complexity index is 259. The molecule has 0 radical (unpaired) electrons. The van der Waals surface area contributed by atoms with Gasteiger partial charge in [-0.2, -0.15) is 0 Å². The summed E-state index contributed by atoms with van der Waals surface area (Å²) in [6.07, 6.45) is 0.423. The van der Waals surface area contributed by atoms with Crippen molar-refractivity contribution in [1.82, 2.24) is 20.2 Å². The van der Waals surface area contributed by atoms with Crippen molar-refractivity contribution in [2.45, 2.75) is 19.4 Å². The molecule has 1 aromatic heterocycles. The van der Waals surface area contributed by atoms with E-state index in [1.807, 2.05) is 11.9 Å². The monoisotopic (exact) mass is 185 g/mol. The summed E-state index contributed by atoms with van der Waals surface area (Å²) in [6, 6.07) is 0. The summed E-state index contributed by atoms with van der Waals surface area (Å²) in [5.41, 5.74) is 0. The lowest BCUT2D eigenvalue weighted by atomic mass is 10.3. The van der Waals surface area contributed by atoms with E-state index < -0.39 is 0 Å². The van der Waals surface area contributed by atoms with Gasteiger partial charge in [0.15, 0.2) is 0 Å². The maximum atomic E-state index is 9.08. The van der Waals surface area contributed by atoms with E-state index >= 15 is 0 Å². The maximum Gasteiger partial charge on any atom is 0.245 e. The fraction of sp³-hybridized carbons (Fsp3) is 0.857. The number of hydrogen-bond donors (Lipinski definition) is 1. The molecule has 0 aliphatic carbocycles. The number of aliphatic hydroxyl groups is 1. The van der Waals surface area contributed by atoms with Crippen LogP contribution >= 0.6 is 0 Å². The molecule has 0 bridgehead atoms. The molecule has 1 aromatic rings. The van der Waals surface area contributed by atoms with E-state index in [4.69, 9.17) is 5.11 Å². The number of aliphatic hydroxyl groups excluding tert-OH is 1. The van der Waals surface area contributed by atoms with E-state index in [-0.39, 0.29) is 6.10 Å². The minimum absolute atomic E-state index is 0.288. The molecule has 0 spiro atoms. The van der Waals surface area contributed by atoms with Crippen molar-refractivity contribution in [3.8, 4) is 0 Å². The molecular formula is C7H15N5O. The fourth-order valence-corrected chi connectivity index (χ4v) is 1.03. The van der Waals surface area contributed by atoms with E-state index in [1.165, 1.54) is 0 Å². The Morgan fingerprint density at radius 2 is 2.31 bits per heavy atom. The smallest absolute Gasteiger partial charge is 0.245 e. The highest BCUT2D eigenvalue weighted by molar-refractivity contribution is 5.25. The van der Waals surface area contributed by atoms with Crippen LogP contribution < -0.4 is 4.90 Å². The highest BCUT2D eigenvalue weighted by atomic mass is 16.3. The lowest BCUT2D eigenvalue weighted by Gasteiger charge is -2.16. The molecule has 1 heterocycles. The lowest BCUT2D eigenvalue weighted by Crippen LogP contribution is -2.24. The zero-order chi connectivity index (χ0) is 9.84. The van der Waals surface area contributed by atoms with Gasteiger partial charge in [0.25, 0.3) is 0 Å². The Balaban J connectivity index is 2.49. The van der Waals surface area contributed by atoms with Gasteiger partial charge in [0.1, 0.15) is 0 Å². The third kappa shape index (κ3) is 2.66. The topological polar surface area (TPSA) is 67.1 Å². The van der Waals surface area contributed by atoms with Gasteiger partial charge >= 0.3 is 0 Å². The molecule has 74 valence electrons. The summed E-state index contributed by atoms with van der Waals surface area (Å²) >= 11 is 0. The summed E-state index contributed by atoms with van der Waals surface area (Å²) in [5, 5.41) is 20.2. The lowest BCUT2D eigenvalue weighted by molar-refractivity contribution is 0.186. The zero-order valence-electron chi connectivity index (χ0n) is 8.17. The zero-order valence-corrected chi connectivity index (χ0v) is 8.17. The van der Waals surface area contributed by atoms with E-state index in [0.29, 0.717) is 12.4 Å². The Kier molecular flexibility index (Phi) is 3.18. The number of hydrogen-bond acceptors (Lipinski definition) is 5. The van der Waals surface area contributed by atoms with Gasteiger partial charge < -0.3 is 10.0 Å². The van der Waals surface area contributed by atoms with Crippen LogP contribution in [0.1, 0.15) is 13.3 Å². The molecule has 6 nitrogen and oxygen atoms in total. The average Bonchev–Trinajstić information content (AvgIpc) is 2.47. The van der Waals surface area contributed by atoms with Gasteiger partial charge in [-0.05, 0) is 23.8 Å². The highest BCUT2D eigenvalue weighted by Gasteiger charge is 2.08. The van der Waals surface area contributed by atoms with Crippen LogP contribution in [0.25, 0.3) is 0 Å². The van der Waals surface area contributed by atoms with Gasteiger partial charge in [0.2, 0.25) is 5.95 Å². The minimum atomic E-state index is -0.288. The van der Waals surface area contributed by atoms with Crippen LogP contribution in [0, 0.1) is 0 Å². The number of tetrazole rings is 1. The van der Waals surface area contributed by atoms with Gasteiger partial charge in [-0.3, -0.25) is 0 Å². The van der Waals surface area contributed by atoms with Gasteiger partial charge in [-0.25, -0.2) is 4.68 Å². The van der Waals surface area contributed by atoms with E-state index in [1.54, 1.807) is 18.7 Å². The van der Waals surface area contributed by atoms with Gasteiger partial charge in [0.05, 0.1) is 6.10 Å². The van der Waals surface area contributed by atoms with Crippen LogP contribution in [0.5, 0.6) is 0 Å². The molecule has 0 fully saturated rings. The van der Waals surface area contributed by atoms with Crippen molar-refractivity contribution < 1.29 is 5.11 Å². The first-order chi connectivity index (χ1) is 6.11. The van der Waals surface area contributed by atoms with Crippen LogP contribution in [-0.2, 0) is 7.05 Å². The number of rotatable bonds is 4. The van der Waals surface area contributed by atoms with Crippen molar-refractivity contribution in [1.29, 1.82) is 0 Å². The standard InChI is InChI=1S/C7H15N5O/c1-6(13)4-5-11(2)7-8-9-10-12(7)3/h6,13H,4-5H2,1-3H3. The quantitative estimate of drug-likeness (QED) is 0.679. The van der Waals surface area contributed by atoms with Crippen LogP contribution in [0.3, 0.4) is 0 Å². The fourth-order valence-electron chi connectivity index (χ4n) is 1.03. The summed E-state index contributed by atoms with van der Waals surface area (Å²) in [4.78, 5) is 1.91. The average molecular weight is 185 g/mol. The van der Waals surface area contributed by atoms with Gasteiger partial charge in [-0.1, -0.05) is 5.10 Å². The van der Waals surface area contributed by atoms with Crippen LogP contribution in [0.4, 0.5) is 5.95 Å². The van der Waals surface area contributed by atoms with Crippen LogP contribution in [0.15, 0.2) is 0 Å². The molecule has 1 rings (SSSR count). The summed E-state index contributed by atoms with van der Waals surface area (Å²) in [5.74, 6) is 0.709. The largest absolute Gasteiger partial charge is 0.393 e. The second kappa shape index (κ2) is 4.18. The molecule has 13 heavy (non-hydrogen) atoms. The van der Waals surface area contributed by atoms with Crippen LogP contribution in [-0.4, -0.2) is 45.0 Å². The van der Waals surface area contributed by atoms with E-state index in [9.17, 15) is 0 Å². The predicted molar refractivity (Wildman–Crippen MR) is 48.4 cm³/mol. The van der Waals surface area contributed by atoms with Crippen molar-refractivity contribution in [2.75, 3.05) is 18.5 Å². The third-order valence-corrected chi connectivity index (χ3v) is 1.82. The first kappa shape index (κ1) is 9.91.